The number of furan rings is 1. The Kier molecular flexibility index (Phi) is 4.66. The van der Waals surface area contributed by atoms with Gasteiger partial charge >= 0.3 is 6.18 Å². The second-order valence-corrected chi connectivity index (χ2v) is 6.51. The Balaban J connectivity index is 1.57. The Morgan fingerprint density at radius 2 is 1.93 bits per heavy atom. The number of halogens is 3. The predicted molar refractivity (Wildman–Crippen MR) is 96.0 cm³/mol. The number of carbonyl (C=O) groups excluding carboxylic acids is 1. The molecule has 0 unspecified atom stereocenters. The van der Waals surface area contributed by atoms with Gasteiger partial charge < -0.3 is 14.2 Å². The van der Waals surface area contributed by atoms with E-state index < -0.39 is 11.9 Å². The molecule has 4 heterocycles. The van der Waals surface area contributed by atoms with Crippen molar-refractivity contribution in [3.8, 4) is 0 Å². The third-order valence-electron chi connectivity index (χ3n) is 4.70. The van der Waals surface area contributed by atoms with Crippen molar-refractivity contribution in [2.75, 3.05) is 31.1 Å². The molecule has 0 spiro atoms. The molecule has 1 aliphatic rings. The fourth-order valence-electron chi connectivity index (χ4n) is 3.34. The molecular weight excluding hydrogens is 373 g/mol. The first-order valence-corrected chi connectivity index (χ1v) is 8.84. The molecule has 146 valence electrons. The molecule has 1 aliphatic heterocycles. The summed E-state index contributed by atoms with van der Waals surface area (Å²) in [6.45, 7) is 2.18. The van der Waals surface area contributed by atoms with Gasteiger partial charge in [-0.1, -0.05) is 0 Å². The van der Waals surface area contributed by atoms with E-state index in [1.807, 2.05) is 4.90 Å². The molecule has 0 N–H and O–H groups in total. The molecular formula is C19H17F3N4O2. The summed E-state index contributed by atoms with van der Waals surface area (Å²) >= 11 is 0. The quantitative estimate of drug-likeness (QED) is 0.669. The van der Waals surface area contributed by atoms with Crippen LogP contribution in [0.3, 0.4) is 0 Å². The van der Waals surface area contributed by atoms with Gasteiger partial charge in [0.25, 0.3) is 5.91 Å². The Morgan fingerprint density at radius 1 is 1.07 bits per heavy atom. The summed E-state index contributed by atoms with van der Waals surface area (Å²) in [5.74, 6) is 0.695. The van der Waals surface area contributed by atoms with Crippen molar-refractivity contribution < 1.29 is 22.4 Å². The van der Waals surface area contributed by atoms with Crippen molar-refractivity contribution in [3.05, 3.63) is 54.2 Å². The molecule has 28 heavy (non-hydrogen) atoms. The molecule has 0 saturated carbocycles. The average Bonchev–Trinajstić information content (AvgIpc) is 3.11. The molecule has 3 aromatic heterocycles. The van der Waals surface area contributed by atoms with Crippen LogP contribution in [0, 0.1) is 0 Å². The van der Waals surface area contributed by atoms with E-state index in [0.717, 1.165) is 6.07 Å². The number of hydrogen-bond donors (Lipinski definition) is 0. The number of alkyl halides is 3. The van der Waals surface area contributed by atoms with E-state index in [1.54, 1.807) is 17.0 Å². The van der Waals surface area contributed by atoms with Crippen molar-refractivity contribution in [2.45, 2.75) is 12.6 Å². The molecule has 6 nitrogen and oxygen atoms in total. The fourth-order valence-corrected chi connectivity index (χ4v) is 3.34. The molecule has 1 saturated heterocycles. The Morgan fingerprint density at radius 3 is 2.68 bits per heavy atom. The summed E-state index contributed by atoms with van der Waals surface area (Å²) in [6.07, 6.45) is -0.868. The van der Waals surface area contributed by atoms with Gasteiger partial charge in [-0.25, -0.2) is 9.97 Å². The van der Waals surface area contributed by atoms with Crippen LogP contribution >= 0.6 is 0 Å². The lowest BCUT2D eigenvalue weighted by molar-refractivity contribution is -0.140. The highest BCUT2D eigenvalue weighted by molar-refractivity contribution is 5.92. The largest absolute Gasteiger partial charge is 0.459 e. The van der Waals surface area contributed by atoms with Gasteiger partial charge in [0.2, 0.25) is 0 Å². The monoisotopic (exact) mass is 390 g/mol. The first-order chi connectivity index (χ1) is 13.4. The number of nitrogens with zero attached hydrogens (tertiary/aromatic N) is 4. The van der Waals surface area contributed by atoms with Gasteiger partial charge in [0.15, 0.2) is 5.76 Å². The number of hydrogen-bond acceptors (Lipinski definition) is 5. The second kappa shape index (κ2) is 7.14. The highest BCUT2D eigenvalue weighted by atomic mass is 19.4. The third-order valence-corrected chi connectivity index (χ3v) is 4.70. The normalized spacial score (nSPS) is 15.7. The van der Waals surface area contributed by atoms with Gasteiger partial charge in [-0.05, 0) is 36.8 Å². The van der Waals surface area contributed by atoms with E-state index in [0.29, 0.717) is 49.6 Å². The number of anilines is 1. The molecule has 0 bridgehead atoms. The highest BCUT2D eigenvalue weighted by Gasteiger charge is 2.32. The van der Waals surface area contributed by atoms with Crippen LogP contribution in [0.5, 0.6) is 0 Å². The van der Waals surface area contributed by atoms with Gasteiger partial charge in [-0.2, -0.15) is 13.2 Å². The third kappa shape index (κ3) is 3.51. The number of carbonyl (C=O) groups is 1. The fraction of sp³-hybridized carbons (Fsp3) is 0.316. The molecule has 0 aliphatic carbocycles. The molecule has 9 heteroatoms. The van der Waals surface area contributed by atoms with Crippen molar-refractivity contribution in [1.29, 1.82) is 0 Å². The minimum absolute atomic E-state index is 0.172. The van der Waals surface area contributed by atoms with Gasteiger partial charge in [0.05, 0.1) is 11.8 Å². The van der Waals surface area contributed by atoms with Gasteiger partial charge in [-0.3, -0.25) is 4.79 Å². The topological polar surface area (TPSA) is 62.5 Å². The zero-order valence-electron chi connectivity index (χ0n) is 14.8. The molecule has 0 radical (unpaired) electrons. The van der Waals surface area contributed by atoms with Crippen LogP contribution < -0.4 is 4.90 Å². The number of pyridine rings is 2. The smallest absolute Gasteiger partial charge is 0.433 e. The van der Waals surface area contributed by atoms with Crippen LogP contribution in [0.25, 0.3) is 10.9 Å². The lowest BCUT2D eigenvalue weighted by atomic mass is 10.2. The Hall–Kier alpha value is -3.10. The van der Waals surface area contributed by atoms with E-state index in [9.17, 15) is 18.0 Å². The number of aromatic nitrogens is 2. The maximum absolute atomic E-state index is 12.9. The summed E-state index contributed by atoms with van der Waals surface area (Å²) < 4.78 is 44.0. The lowest BCUT2D eigenvalue weighted by Crippen LogP contribution is -2.35. The average molecular weight is 390 g/mol. The lowest BCUT2D eigenvalue weighted by Gasteiger charge is -2.23. The standard InChI is InChI=1S/C19H17F3N4O2/c20-19(21,22)16-5-4-13-14(24-16)6-7-23-17(13)25-8-2-9-26(11-10-25)18(27)15-3-1-12-28-15/h1,3-7,12H,2,8-11H2. The SMILES string of the molecule is O=C(c1ccco1)N1CCCN(c2nccc3nc(C(F)(F)F)ccc23)CC1. The van der Waals surface area contributed by atoms with E-state index in [4.69, 9.17) is 4.42 Å². The van der Waals surface area contributed by atoms with Crippen LogP contribution in [-0.2, 0) is 6.18 Å². The summed E-state index contributed by atoms with van der Waals surface area (Å²) in [5.41, 5.74) is -0.684. The van der Waals surface area contributed by atoms with E-state index in [2.05, 4.69) is 9.97 Å². The van der Waals surface area contributed by atoms with Crippen molar-refractivity contribution in [2.24, 2.45) is 0 Å². The first-order valence-electron chi connectivity index (χ1n) is 8.84. The molecule has 0 atom stereocenters. The Labute approximate surface area is 158 Å². The van der Waals surface area contributed by atoms with Gasteiger partial charge in [-0.15, -0.1) is 0 Å². The number of rotatable bonds is 2. The second-order valence-electron chi connectivity index (χ2n) is 6.51. The minimum atomic E-state index is -4.49. The zero-order valence-corrected chi connectivity index (χ0v) is 14.8. The molecule has 1 fully saturated rings. The van der Waals surface area contributed by atoms with Crippen molar-refractivity contribution in [1.82, 2.24) is 14.9 Å². The predicted octanol–water partition coefficient (Wildman–Crippen LogP) is 3.59. The number of fused-ring (bicyclic) bond motifs is 1. The van der Waals surface area contributed by atoms with Gasteiger partial charge in [0.1, 0.15) is 11.5 Å². The molecule has 3 aromatic rings. The van der Waals surface area contributed by atoms with E-state index in [1.165, 1.54) is 24.6 Å². The van der Waals surface area contributed by atoms with Crippen LogP contribution in [0.2, 0.25) is 0 Å². The maximum atomic E-state index is 12.9. The summed E-state index contributed by atoms with van der Waals surface area (Å²) in [6, 6.07) is 7.14. The van der Waals surface area contributed by atoms with Crippen LogP contribution in [0.1, 0.15) is 22.7 Å². The zero-order chi connectivity index (χ0) is 19.7. The highest BCUT2D eigenvalue weighted by Crippen LogP contribution is 2.31. The van der Waals surface area contributed by atoms with Crippen LogP contribution in [0.15, 0.2) is 47.2 Å². The number of amides is 1. The van der Waals surface area contributed by atoms with Crippen molar-refractivity contribution in [3.63, 3.8) is 0 Å². The first kappa shape index (κ1) is 18.3. The minimum Gasteiger partial charge on any atom is -0.459 e. The molecule has 0 aromatic carbocycles. The summed E-state index contributed by atoms with van der Waals surface area (Å²) in [5, 5.41) is 0.557. The molecule has 1 amide bonds. The van der Waals surface area contributed by atoms with Crippen LogP contribution in [0.4, 0.5) is 19.0 Å². The Bertz CT molecular complexity index is 989. The maximum Gasteiger partial charge on any atom is 0.433 e. The summed E-state index contributed by atoms with van der Waals surface area (Å²) in [7, 11) is 0. The van der Waals surface area contributed by atoms with E-state index >= 15 is 0 Å². The van der Waals surface area contributed by atoms with Gasteiger partial charge in [0, 0.05) is 37.8 Å². The van der Waals surface area contributed by atoms with E-state index in [-0.39, 0.29) is 11.4 Å². The molecule has 4 rings (SSSR count). The van der Waals surface area contributed by atoms with Crippen molar-refractivity contribution >= 4 is 22.6 Å². The van der Waals surface area contributed by atoms with Crippen LogP contribution in [-0.4, -0.2) is 47.0 Å². The summed E-state index contributed by atoms with van der Waals surface area (Å²) in [4.78, 5) is 24.3.